The Hall–Kier alpha value is -2.91. The number of piperidine rings is 2. The normalized spacial score (nSPS) is 18.6. The van der Waals surface area contributed by atoms with Gasteiger partial charge in [-0.3, -0.25) is 19.7 Å². The van der Waals surface area contributed by atoms with E-state index in [0.717, 1.165) is 38.8 Å². The summed E-state index contributed by atoms with van der Waals surface area (Å²) in [5, 5.41) is 11.5. The van der Waals surface area contributed by atoms with Crippen LogP contribution in [0.2, 0.25) is 0 Å². The van der Waals surface area contributed by atoms with Crippen LogP contribution in [-0.4, -0.2) is 47.9 Å². The number of aromatic nitrogens is 1. The van der Waals surface area contributed by atoms with Crippen molar-refractivity contribution >= 4 is 29.1 Å². The van der Waals surface area contributed by atoms with Gasteiger partial charge in [0.15, 0.2) is 0 Å². The largest absolute Gasteiger partial charge is 0.370 e. The molecule has 2 fully saturated rings. The molecule has 0 saturated carbocycles. The number of anilines is 2. The molecule has 2 aliphatic rings. The van der Waals surface area contributed by atoms with Crippen LogP contribution >= 0.6 is 0 Å². The topological polar surface area (TPSA) is 149 Å². The Balaban J connectivity index is 1.71. The monoisotopic (exact) mass is 404 g/mol. The van der Waals surface area contributed by atoms with Crippen molar-refractivity contribution in [3.63, 3.8) is 0 Å². The summed E-state index contributed by atoms with van der Waals surface area (Å²) in [6.45, 7) is 2.69. The number of nitrogens with zero attached hydrogens (tertiary/aromatic N) is 4. The van der Waals surface area contributed by atoms with Crippen molar-refractivity contribution in [1.29, 1.82) is 0 Å². The van der Waals surface area contributed by atoms with Crippen molar-refractivity contribution in [2.24, 2.45) is 23.3 Å². The predicted molar refractivity (Wildman–Crippen MR) is 108 cm³/mol. The number of pyridine rings is 1. The Bertz CT molecular complexity index is 770. The third-order valence-electron chi connectivity index (χ3n) is 5.87. The van der Waals surface area contributed by atoms with Gasteiger partial charge in [-0.25, -0.2) is 4.98 Å². The van der Waals surface area contributed by atoms with Crippen molar-refractivity contribution in [1.82, 2.24) is 4.98 Å². The summed E-state index contributed by atoms with van der Waals surface area (Å²) in [6, 6.07) is 3.21. The van der Waals surface area contributed by atoms with Gasteiger partial charge in [-0.2, -0.15) is 0 Å². The first-order chi connectivity index (χ1) is 13.8. The van der Waals surface area contributed by atoms with E-state index in [1.807, 2.05) is 4.90 Å². The number of amides is 2. The lowest BCUT2D eigenvalue weighted by Gasteiger charge is -2.34. The van der Waals surface area contributed by atoms with Gasteiger partial charge in [-0.15, -0.1) is 0 Å². The molecule has 0 unspecified atom stereocenters. The molecule has 1 aromatic heterocycles. The molecule has 10 heteroatoms. The van der Waals surface area contributed by atoms with E-state index in [1.165, 1.54) is 6.07 Å². The molecule has 158 valence electrons. The van der Waals surface area contributed by atoms with Crippen LogP contribution in [0.15, 0.2) is 12.1 Å². The Morgan fingerprint density at radius 1 is 0.966 bits per heavy atom. The van der Waals surface area contributed by atoms with E-state index in [0.29, 0.717) is 37.6 Å². The number of nitro groups is 1. The van der Waals surface area contributed by atoms with Crippen LogP contribution in [0, 0.1) is 22.0 Å². The van der Waals surface area contributed by atoms with E-state index in [1.54, 1.807) is 6.07 Å². The van der Waals surface area contributed by atoms with Crippen LogP contribution in [-0.2, 0) is 9.59 Å². The molecule has 0 aromatic carbocycles. The molecule has 2 saturated heterocycles. The van der Waals surface area contributed by atoms with Crippen LogP contribution in [0.25, 0.3) is 0 Å². The summed E-state index contributed by atoms with van der Waals surface area (Å²) in [4.78, 5) is 42.1. The van der Waals surface area contributed by atoms with E-state index < -0.39 is 4.92 Å². The molecule has 0 spiro atoms. The number of carbonyl (C=O) groups excluding carboxylic acids is 2. The lowest BCUT2D eigenvalue weighted by molar-refractivity contribution is -0.384. The fourth-order valence-electron chi connectivity index (χ4n) is 4.27. The molecule has 4 N–H and O–H groups in total. The van der Waals surface area contributed by atoms with E-state index in [2.05, 4.69) is 9.88 Å². The molecule has 2 amide bonds. The average Bonchev–Trinajstić information content (AvgIpc) is 2.68. The van der Waals surface area contributed by atoms with Gasteiger partial charge >= 0.3 is 5.69 Å². The van der Waals surface area contributed by atoms with Crippen molar-refractivity contribution in [3.05, 3.63) is 22.2 Å². The van der Waals surface area contributed by atoms with Crippen LogP contribution in [0.3, 0.4) is 0 Å². The Morgan fingerprint density at radius 2 is 1.45 bits per heavy atom. The number of hydrogen-bond donors (Lipinski definition) is 2. The highest BCUT2D eigenvalue weighted by molar-refractivity contribution is 5.74. The average molecular weight is 404 g/mol. The third kappa shape index (κ3) is 5.33. The van der Waals surface area contributed by atoms with Crippen LogP contribution in [0.4, 0.5) is 17.3 Å². The van der Waals surface area contributed by atoms with Gasteiger partial charge in [0, 0.05) is 45.1 Å². The number of carbonyl (C=O) groups is 2. The maximum atomic E-state index is 11.5. The molecule has 0 radical (unpaired) electrons. The number of nitrogens with two attached hydrogens (primary N) is 2. The van der Waals surface area contributed by atoms with Crippen molar-refractivity contribution in [3.8, 4) is 0 Å². The van der Waals surface area contributed by atoms with Gasteiger partial charge in [0.05, 0.1) is 4.92 Å². The van der Waals surface area contributed by atoms with Gasteiger partial charge in [0.1, 0.15) is 5.82 Å². The molecule has 0 aliphatic carbocycles. The van der Waals surface area contributed by atoms with E-state index in [-0.39, 0.29) is 29.3 Å². The molecule has 1 aromatic rings. The minimum atomic E-state index is -0.402. The molecule has 3 rings (SSSR count). The van der Waals surface area contributed by atoms with Gasteiger partial charge in [-0.1, -0.05) is 0 Å². The fourth-order valence-corrected chi connectivity index (χ4v) is 4.27. The predicted octanol–water partition coefficient (Wildman–Crippen LogP) is 1.17. The first-order valence-corrected chi connectivity index (χ1v) is 10.1. The quantitative estimate of drug-likeness (QED) is 0.512. The Morgan fingerprint density at radius 3 is 1.90 bits per heavy atom. The molecular weight excluding hydrogens is 376 g/mol. The van der Waals surface area contributed by atoms with E-state index in [9.17, 15) is 19.7 Å². The van der Waals surface area contributed by atoms with Crippen LogP contribution in [0.1, 0.15) is 38.5 Å². The second kappa shape index (κ2) is 9.06. The minimum Gasteiger partial charge on any atom is -0.370 e. The molecule has 3 heterocycles. The Labute approximate surface area is 169 Å². The zero-order valence-electron chi connectivity index (χ0n) is 16.5. The summed E-state index contributed by atoms with van der Waals surface area (Å²) >= 11 is 0. The molecular formula is C19H28N6O4. The summed E-state index contributed by atoms with van der Waals surface area (Å²) in [7, 11) is 0. The minimum absolute atomic E-state index is 0.00860. The first-order valence-electron chi connectivity index (χ1n) is 10.1. The van der Waals surface area contributed by atoms with Crippen LogP contribution < -0.4 is 21.3 Å². The summed E-state index contributed by atoms with van der Waals surface area (Å²) < 4.78 is 0. The van der Waals surface area contributed by atoms with Gasteiger partial charge < -0.3 is 21.3 Å². The van der Waals surface area contributed by atoms with Crippen molar-refractivity contribution < 1.29 is 14.5 Å². The van der Waals surface area contributed by atoms with E-state index >= 15 is 0 Å². The maximum Gasteiger partial charge on any atom is 0.311 e. The lowest BCUT2D eigenvalue weighted by Crippen LogP contribution is -2.37. The Kier molecular flexibility index (Phi) is 6.50. The first kappa shape index (κ1) is 20.8. The summed E-state index contributed by atoms with van der Waals surface area (Å²) in [5.41, 5.74) is 10.6. The second-order valence-corrected chi connectivity index (χ2v) is 7.97. The zero-order valence-corrected chi connectivity index (χ0v) is 16.5. The highest BCUT2D eigenvalue weighted by atomic mass is 16.6. The van der Waals surface area contributed by atoms with Crippen molar-refractivity contribution in [2.45, 2.75) is 38.5 Å². The lowest BCUT2D eigenvalue weighted by atomic mass is 9.93. The number of primary amides is 2. The van der Waals surface area contributed by atoms with Gasteiger partial charge in [0.25, 0.3) is 0 Å². The molecule has 0 bridgehead atoms. The highest BCUT2D eigenvalue weighted by Gasteiger charge is 2.29. The SMILES string of the molecule is NC(=O)CC1CCN(c2ccc([N+](=O)[O-])c(N3CCC(CC(N)=O)CC3)n2)CC1. The van der Waals surface area contributed by atoms with Gasteiger partial charge in [0.2, 0.25) is 17.6 Å². The standard InChI is InChI=1S/C19H28N6O4/c20-16(26)11-13-3-7-23(8-4-13)18-2-1-15(25(28)29)19(22-18)24-9-5-14(6-10-24)12-17(21)27/h1-2,13-14H,3-12H2,(H2,20,26)(H2,21,27). The van der Waals surface area contributed by atoms with E-state index in [4.69, 9.17) is 11.5 Å². The molecule has 29 heavy (non-hydrogen) atoms. The molecule has 0 atom stereocenters. The molecule has 10 nitrogen and oxygen atoms in total. The number of hydrogen-bond acceptors (Lipinski definition) is 7. The smallest absolute Gasteiger partial charge is 0.311 e. The van der Waals surface area contributed by atoms with Crippen molar-refractivity contribution in [2.75, 3.05) is 36.0 Å². The number of rotatable bonds is 7. The van der Waals surface area contributed by atoms with Gasteiger partial charge in [-0.05, 0) is 43.6 Å². The highest BCUT2D eigenvalue weighted by Crippen LogP contribution is 2.33. The summed E-state index contributed by atoms with van der Waals surface area (Å²) in [6.07, 6.45) is 3.94. The maximum absolute atomic E-state index is 11.5. The third-order valence-corrected chi connectivity index (χ3v) is 5.87. The zero-order chi connectivity index (χ0) is 21.0. The molecule has 2 aliphatic heterocycles. The van der Waals surface area contributed by atoms with Crippen LogP contribution in [0.5, 0.6) is 0 Å². The second-order valence-electron chi connectivity index (χ2n) is 7.97. The summed E-state index contributed by atoms with van der Waals surface area (Å²) in [5.74, 6) is 1.00. The fraction of sp³-hybridized carbons (Fsp3) is 0.632.